The molecule has 1 amide bonds. The van der Waals surface area contributed by atoms with Gasteiger partial charge in [-0.3, -0.25) is 9.10 Å². The summed E-state index contributed by atoms with van der Waals surface area (Å²) in [5, 5.41) is 0.601. The van der Waals surface area contributed by atoms with E-state index < -0.39 is 10.0 Å². The summed E-state index contributed by atoms with van der Waals surface area (Å²) in [5.41, 5.74) is 1.94. The van der Waals surface area contributed by atoms with E-state index in [0.717, 1.165) is 31.5 Å². The van der Waals surface area contributed by atoms with E-state index in [-0.39, 0.29) is 12.5 Å². The molecule has 3 rings (SSSR count). The van der Waals surface area contributed by atoms with E-state index in [9.17, 15) is 13.2 Å². The molecule has 1 heterocycles. The number of nitrogens with zero attached hydrogens (tertiary/aromatic N) is 2. The minimum Gasteiger partial charge on any atom is -0.338 e. The van der Waals surface area contributed by atoms with Gasteiger partial charge in [0.1, 0.15) is 0 Å². The smallest absolute Gasteiger partial charge is 0.253 e. The molecule has 1 aliphatic rings. The molecule has 7 heteroatoms. The lowest BCUT2D eigenvalue weighted by atomic mass is 9.99. The second-order valence-corrected chi connectivity index (χ2v) is 9.78. The quantitative estimate of drug-likeness (QED) is 0.729. The van der Waals surface area contributed by atoms with Crippen LogP contribution in [0.15, 0.2) is 48.5 Å². The minimum atomic E-state index is -3.48. The van der Waals surface area contributed by atoms with Crippen LogP contribution in [-0.4, -0.2) is 38.6 Å². The molecule has 1 unspecified atom stereocenters. The van der Waals surface area contributed by atoms with Crippen LogP contribution >= 0.6 is 11.6 Å². The van der Waals surface area contributed by atoms with E-state index in [4.69, 9.17) is 11.6 Å². The summed E-state index contributed by atoms with van der Waals surface area (Å²) in [6.07, 6.45) is 3.35. The number of amides is 1. The largest absolute Gasteiger partial charge is 0.338 e. The van der Waals surface area contributed by atoms with E-state index in [1.165, 1.54) is 10.6 Å². The van der Waals surface area contributed by atoms with E-state index in [2.05, 4.69) is 6.92 Å². The second kappa shape index (κ2) is 8.53. The van der Waals surface area contributed by atoms with E-state index in [1.807, 2.05) is 4.90 Å². The van der Waals surface area contributed by atoms with Crippen molar-refractivity contribution in [2.45, 2.75) is 26.3 Å². The lowest BCUT2D eigenvalue weighted by Crippen LogP contribution is -2.39. The Bertz CT molecular complexity index is 927. The van der Waals surface area contributed by atoms with Gasteiger partial charge >= 0.3 is 0 Å². The maximum absolute atomic E-state index is 12.7. The molecular formula is C21H25ClN2O3S. The molecule has 0 aliphatic carbocycles. The number of carbonyl (C=O) groups is 1. The number of carbonyl (C=O) groups excluding carboxylic acids is 1. The topological polar surface area (TPSA) is 57.7 Å². The van der Waals surface area contributed by atoms with Gasteiger partial charge in [-0.15, -0.1) is 0 Å². The number of rotatable bonds is 5. The van der Waals surface area contributed by atoms with Crippen molar-refractivity contribution < 1.29 is 13.2 Å². The molecule has 0 saturated carbocycles. The van der Waals surface area contributed by atoms with Crippen molar-refractivity contribution in [1.29, 1.82) is 0 Å². The first-order valence-electron chi connectivity index (χ1n) is 9.35. The molecule has 2 aromatic carbocycles. The van der Waals surface area contributed by atoms with E-state index in [1.54, 1.807) is 48.5 Å². The van der Waals surface area contributed by atoms with Crippen molar-refractivity contribution in [3.63, 3.8) is 0 Å². The number of likely N-dealkylation sites (tertiary alicyclic amines) is 1. The van der Waals surface area contributed by atoms with Crippen molar-refractivity contribution in [2.75, 3.05) is 23.7 Å². The van der Waals surface area contributed by atoms with Crippen LogP contribution in [0.4, 0.5) is 5.69 Å². The lowest BCUT2D eigenvalue weighted by Gasteiger charge is -2.31. The van der Waals surface area contributed by atoms with E-state index in [0.29, 0.717) is 22.2 Å². The fraction of sp³-hybridized carbons (Fsp3) is 0.381. The minimum absolute atomic E-state index is 0.00158. The number of piperidine rings is 1. The predicted octanol–water partition coefficient (Wildman–Crippen LogP) is 4.18. The highest BCUT2D eigenvalue weighted by molar-refractivity contribution is 7.92. The first-order valence-corrected chi connectivity index (χ1v) is 11.6. The molecule has 28 heavy (non-hydrogen) atoms. The summed E-state index contributed by atoms with van der Waals surface area (Å²) in [5.74, 6) is 0.513. The van der Waals surface area contributed by atoms with Gasteiger partial charge in [-0.1, -0.05) is 30.7 Å². The van der Waals surface area contributed by atoms with Crippen molar-refractivity contribution in [3.8, 4) is 0 Å². The fourth-order valence-electron chi connectivity index (χ4n) is 3.48. The number of sulfonamides is 1. The maximum atomic E-state index is 12.7. The highest BCUT2D eigenvalue weighted by Crippen LogP contribution is 2.24. The predicted molar refractivity (Wildman–Crippen MR) is 113 cm³/mol. The normalized spacial score (nSPS) is 17.4. The van der Waals surface area contributed by atoms with Crippen LogP contribution in [0.25, 0.3) is 0 Å². The number of benzene rings is 2. The third kappa shape index (κ3) is 5.06. The van der Waals surface area contributed by atoms with Crippen LogP contribution in [0.3, 0.4) is 0 Å². The zero-order valence-corrected chi connectivity index (χ0v) is 17.7. The highest BCUT2D eigenvalue weighted by atomic mass is 35.5. The van der Waals surface area contributed by atoms with Gasteiger partial charge in [0.15, 0.2) is 0 Å². The lowest BCUT2D eigenvalue weighted by molar-refractivity contribution is 0.0683. The van der Waals surface area contributed by atoms with Crippen LogP contribution in [-0.2, 0) is 16.6 Å². The number of anilines is 1. The van der Waals surface area contributed by atoms with Crippen LogP contribution in [0.2, 0.25) is 5.02 Å². The Labute approximate surface area is 172 Å². The Kier molecular flexibility index (Phi) is 6.30. The van der Waals surface area contributed by atoms with Gasteiger partial charge in [0, 0.05) is 23.7 Å². The van der Waals surface area contributed by atoms with Crippen LogP contribution in [0.5, 0.6) is 0 Å². The Morgan fingerprint density at radius 3 is 2.36 bits per heavy atom. The molecular weight excluding hydrogens is 396 g/mol. The standard InChI is InChI=1S/C21H25ClN2O3S/c1-16-4-3-13-23(14-16)21(25)18-7-11-20(12-8-18)24(28(2,26)27)15-17-5-9-19(22)10-6-17/h5-12,16H,3-4,13-15H2,1-2H3. The SMILES string of the molecule is CC1CCCN(C(=O)c2ccc(N(Cc3ccc(Cl)cc3)S(C)(=O)=O)cc2)C1. The number of hydrogen-bond acceptors (Lipinski definition) is 3. The van der Waals surface area contributed by atoms with Gasteiger partial charge in [0.25, 0.3) is 5.91 Å². The van der Waals surface area contributed by atoms with Crippen molar-refractivity contribution in [3.05, 3.63) is 64.7 Å². The maximum Gasteiger partial charge on any atom is 0.253 e. The molecule has 1 atom stereocenters. The summed E-state index contributed by atoms with van der Waals surface area (Å²) in [7, 11) is -3.48. The van der Waals surface area contributed by atoms with Gasteiger partial charge < -0.3 is 4.90 Å². The fourth-order valence-corrected chi connectivity index (χ4v) is 4.50. The summed E-state index contributed by atoms with van der Waals surface area (Å²) in [6.45, 7) is 3.90. The first kappa shape index (κ1) is 20.7. The number of hydrogen-bond donors (Lipinski definition) is 0. The average molecular weight is 421 g/mol. The summed E-state index contributed by atoms with van der Waals surface area (Å²) >= 11 is 5.91. The molecule has 1 aliphatic heterocycles. The zero-order chi connectivity index (χ0) is 20.3. The second-order valence-electron chi connectivity index (χ2n) is 7.44. The molecule has 2 aromatic rings. The Hall–Kier alpha value is -2.05. The summed E-state index contributed by atoms with van der Waals surface area (Å²) < 4.78 is 26.0. The molecule has 0 spiro atoms. The summed E-state index contributed by atoms with van der Waals surface area (Å²) in [6, 6.07) is 13.9. The highest BCUT2D eigenvalue weighted by Gasteiger charge is 2.23. The van der Waals surface area contributed by atoms with Crippen LogP contribution in [0, 0.1) is 5.92 Å². The van der Waals surface area contributed by atoms with Gasteiger partial charge in [-0.2, -0.15) is 0 Å². The van der Waals surface area contributed by atoms with Gasteiger partial charge in [-0.05, 0) is 60.7 Å². The summed E-state index contributed by atoms with van der Waals surface area (Å²) in [4.78, 5) is 14.6. The third-order valence-corrected chi connectivity index (χ3v) is 6.38. The molecule has 0 bridgehead atoms. The van der Waals surface area contributed by atoms with Gasteiger partial charge in [0.05, 0.1) is 18.5 Å². The molecule has 1 saturated heterocycles. The molecule has 0 radical (unpaired) electrons. The van der Waals surface area contributed by atoms with Crippen LogP contribution in [0.1, 0.15) is 35.7 Å². The molecule has 150 valence electrons. The Morgan fingerprint density at radius 2 is 1.79 bits per heavy atom. The van der Waals surface area contributed by atoms with Crippen LogP contribution < -0.4 is 4.31 Å². The first-order chi connectivity index (χ1) is 13.2. The van der Waals surface area contributed by atoms with Crippen molar-refractivity contribution in [2.24, 2.45) is 5.92 Å². The molecule has 0 aromatic heterocycles. The monoisotopic (exact) mass is 420 g/mol. The molecule has 1 fully saturated rings. The Morgan fingerprint density at radius 1 is 1.14 bits per heavy atom. The number of halogens is 1. The van der Waals surface area contributed by atoms with E-state index >= 15 is 0 Å². The molecule has 5 nitrogen and oxygen atoms in total. The molecule has 0 N–H and O–H groups in total. The Balaban J connectivity index is 1.80. The average Bonchev–Trinajstić information content (AvgIpc) is 2.66. The van der Waals surface area contributed by atoms with Crippen molar-refractivity contribution in [1.82, 2.24) is 4.90 Å². The van der Waals surface area contributed by atoms with Crippen molar-refractivity contribution >= 4 is 33.2 Å². The zero-order valence-electron chi connectivity index (χ0n) is 16.1. The third-order valence-electron chi connectivity index (χ3n) is 4.99. The van der Waals surface area contributed by atoms with Gasteiger partial charge in [-0.25, -0.2) is 8.42 Å². The van der Waals surface area contributed by atoms with Gasteiger partial charge in [0.2, 0.25) is 10.0 Å².